The summed E-state index contributed by atoms with van der Waals surface area (Å²) < 4.78 is 30.9. The minimum absolute atomic E-state index is 0.0472. The highest BCUT2D eigenvalue weighted by Crippen LogP contribution is 2.29. The predicted molar refractivity (Wildman–Crippen MR) is 112 cm³/mol. The summed E-state index contributed by atoms with van der Waals surface area (Å²) in [4.78, 5) is 26.5. The molecule has 0 spiro atoms. The monoisotopic (exact) mass is 451 g/mol. The molecular weight excluding hydrogens is 430 g/mol. The third-order valence-corrected chi connectivity index (χ3v) is 6.96. The molecular formula is C20H22ClN3O5S. The molecule has 8 nitrogen and oxygen atoms in total. The van der Waals surface area contributed by atoms with Crippen molar-refractivity contribution in [3.8, 4) is 5.75 Å². The maximum Gasteiger partial charge on any atom is 0.325 e. The van der Waals surface area contributed by atoms with Gasteiger partial charge < -0.3 is 10.1 Å². The first-order valence-corrected chi connectivity index (χ1v) is 10.9. The summed E-state index contributed by atoms with van der Waals surface area (Å²) in [6.45, 7) is 1.75. The van der Waals surface area contributed by atoms with E-state index in [-0.39, 0.29) is 24.0 Å². The van der Waals surface area contributed by atoms with Crippen molar-refractivity contribution in [2.24, 2.45) is 0 Å². The smallest absolute Gasteiger partial charge is 0.325 e. The first-order chi connectivity index (χ1) is 14.1. The van der Waals surface area contributed by atoms with Gasteiger partial charge in [0.1, 0.15) is 17.9 Å². The van der Waals surface area contributed by atoms with Crippen LogP contribution in [0.1, 0.15) is 12.5 Å². The van der Waals surface area contributed by atoms with E-state index in [0.717, 1.165) is 9.21 Å². The van der Waals surface area contributed by atoms with Crippen LogP contribution in [-0.2, 0) is 20.4 Å². The SMILES string of the molecule is CN(C)S(=O)(=O)c1ccc(OCCN2C(=O)NC(C)(c3ccc(Cl)cc3)C2=O)cc1. The Labute approximate surface area is 180 Å². The van der Waals surface area contributed by atoms with Gasteiger partial charge in [0.2, 0.25) is 10.0 Å². The lowest BCUT2D eigenvalue weighted by Gasteiger charge is -2.22. The van der Waals surface area contributed by atoms with E-state index in [0.29, 0.717) is 16.3 Å². The second-order valence-corrected chi connectivity index (χ2v) is 9.71. The maximum absolute atomic E-state index is 12.9. The number of imide groups is 1. The fraction of sp³-hybridized carbons (Fsp3) is 0.300. The Morgan fingerprint density at radius 2 is 1.67 bits per heavy atom. The zero-order chi connectivity index (χ0) is 22.1. The molecule has 1 atom stereocenters. The zero-order valence-corrected chi connectivity index (χ0v) is 18.3. The average Bonchev–Trinajstić information content (AvgIpc) is 2.92. The highest BCUT2D eigenvalue weighted by atomic mass is 35.5. The highest BCUT2D eigenvalue weighted by Gasteiger charge is 2.48. The Balaban J connectivity index is 1.63. The molecule has 1 heterocycles. The van der Waals surface area contributed by atoms with Gasteiger partial charge in [-0.15, -0.1) is 0 Å². The molecule has 2 aromatic carbocycles. The van der Waals surface area contributed by atoms with Gasteiger partial charge in [0.05, 0.1) is 11.4 Å². The maximum atomic E-state index is 12.9. The third kappa shape index (κ3) is 4.14. The molecule has 1 fully saturated rings. The Morgan fingerprint density at radius 1 is 1.07 bits per heavy atom. The highest BCUT2D eigenvalue weighted by molar-refractivity contribution is 7.89. The molecule has 0 bridgehead atoms. The lowest BCUT2D eigenvalue weighted by Crippen LogP contribution is -2.41. The van der Waals surface area contributed by atoms with E-state index in [2.05, 4.69) is 5.32 Å². The number of urea groups is 1. The molecule has 2 aromatic rings. The molecule has 160 valence electrons. The first kappa shape index (κ1) is 22.1. The van der Waals surface area contributed by atoms with Gasteiger partial charge in [0.25, 0.3) is 5.91 Å². The van der Waals surface area contributed by atoms with E-state index in [1.807, 2.05) is 0 Å². The number of amides is 3. The summed E-state index contributed by atoms with van der Waals surface area (Å²) in [5.74, 6) is 0.0473. The number of benzene rings is 2. The van der Waals surface area contributed by atoms with Gasteiger partial charge in [-0.3, -0.25) is 9.69 Å². The van der Waals surface area contributed by atoms with Gasteiger partial charge >= 0.3 is 6.03 Å². The van der Waals surface area contributed by atoms with Crippen LogP contribution in [0.25, 0.3) is 0 Å². The van der Waals surface area contributed by atoms with Crippen LogP contribution in [0.4, 0.5) is 4.79 Å². The minimum atomic E-state index is -3.52. The van der Waals surface area contributed by atoms with E-state index in [1.54, 1.807) is 31.2 Å². The molecule has 1 unspecified atom stereocenters. The van der Waals surface area contributed by atoms with E-state index in [1.165, 1.54) is 38.4 Å². The van der Waals surface area contributed by atoms with Crippen LogP contribution in [0, 0.1) is 0 Å². The Bertz CT molecular complexity index is 1050. The molecule has 1 N–H and O–H groups in total. The molecule has 0 saturated carbocycles. The van der Waals surface area contributed by atoms with Gasteiger partial charge in [-0.2, -0.15) is 0 Å². The van der Waals surface area contributed by atoms with Gasteiger partial charge in [-0.25, -0.2) is 17.5 Å². The number of rotatable bonds is 7. The fourth-order valence-electron chi connectivity index (χ4n) is 3.05. The van der Waals surface area contributed by atoms with Gasteiger partial charge in [0.15, 0.2) is 0 Å². The van der Waals surface area contributed by atoms with Crippen molar-refractivity contribution < 1.29 is 22.7 Å². The van der Waals surface area contributed by atoms with Crippen LogP contribution < -0.4 is 10.1 Å². The largest absolute Gasteiger partial charge is 0.492 e. The number of ether oxygens (including phenoxy) is 1. The van der Waals surface area contributed by atoms with Crippen molar-refractivity contribution in [1.82, 2.24) is 14.5 Å². The van der Waals surface area contributed by atoms with E-state index >= 15 is 0 Å². The van der Waals surface area contributed by atoms with Crippen molar-refractivity contribution in [2.45, 2.75) is 17.4 Å². The minimum Gasteiger partial charge on any atom is -0.492 e. The van der Waals surface area contributed by atoms with Gasteiger partial charge in [-0.1, -0.05) is 23.7 Å². The number of halogens is 1. The van der Waals surface area contributed by atoms with Crippen LogP contribution in [0.3, 0.4) is 0 Å². The second kappa shape index (κ2) is 8.25. The summed E-state index contributed by atoms with van der Waals surface area (Å²) in [6, 6.07) is 12.1. The van der Waals surface area contributed by atoms with Crippen LogP contribution >= 0.6 is 11.6 Å². The number of hydrogen-bond donors (Lipinski definition) is 1. The standard InChI is InChI=1S/C20H22ClN3O5S/c1-20(14-4-6-15(21)7-5-14)18(25)24(19(26)22-20)12-13-29-16-8-10-17(11-9-16)30(27,28)23(2)3/h4-11H,12-13H2,1-3H3,(H,22,26). The first-order valence-electron chi connectivity index (χ1n) is 9.11. The van der Waals surface area contributed by atoms with Crippen LogP contribution in [0.2, 0.25) is 5.02 Å². The lowest BCUT2D eigenvalue weighted by molar-refractivity contribution is -0.131. The van der Waals surface area contributed by atoms with Crippen molar-refractivity contribution in [2.75, 3.05) is 27.2 Å². The molecule has 1 aliphatic rings. The van der Waals surface area contributed by atoms with E-state index < -0.39 is 21.6 Å². The van der Waals surface area contributed by atoms with Crippen molar-refractivity contribution in [3.63, 3.8) is 0 Å². The van der Waals surface area contributed by atoms with E-state index in [9.17, 15) is 18.0 Å². The molecule has 1 aliphatic heterocycles. The van der Waals surface area contributed by atoms with E-state index in [4.69, 9.17) is 16.3 Å². The summed E-state index contributed by atoms with van der Waals surface area (Å²) in [6.07, 6.45) is 0. The Hall–Kier alpha value is -2.62. The van der Waals surface area contributed by atoms with Crippen LogP contribution in [0.15, 0.2) is 53.4 Å². The fourth-order valence-corrected chi connectivity index (χ4v) is 4.08. The number of nitrogens with zero attached hydrogens (tertiary/aromatic N) is 2. The molecule has 3 rings (SSSR count). The number of nitrogens with one attached hydrogen (secondary N) is 1. The lowest BCUT2D eigenvalue weighted by atomic mass is 9.92. The normalized spacial score (nSPS) is 19.3. The molecule has 0 aliphatic carbocycles. The third-order valence-electron chi connectivity index (χ3n) is 4.88. The van der Waals surface area contributed by atoms with Crippen LogP contribution in [-0.4, -0.2) is 56.8 Å². The second-order valence-electron chi connectivity index (χ2n) is 7.13. The molecule has 10 heteroatoms. The summed E-state index contributed by atoms with van der Waals surface area (Å²) in [7, 11) is -0.612. The Kier molecular flexibility index (Phi) is 6.07. The van der Waals surface area contributed by atoms with Gasteiger partial charge in [0, 0.05) is 19.1 Å². The quantitative estimate of drug-likeness (QED) is 0.652. The number of carbonyl (C=O) groups is 2. The van der Waals surface area contributed by atoms with Gasteiger partial charge in [-0.05, 0) is 48.9 Å². The van der Waals surface area contributed by atoms with Crippen LogP contribution in [0.5, 0.6) is 5.75 Å². The van der Waals surface area contributed by atoms with Crippen molar-refractivity contribution in [3.05, 3.63) is 59.1 Å². The summed E-state index contributed by atoms with van der Waals surface area (Å²) in [5, 5.41) is 3.25. The zero-order valence-electron chi connectivity index (χ0n) is 16.8. The topological polar surface area (TPSA) is 96.0 Å². The summed E-state index contributed by atoms with van der Waals surface area (Å²) in [5.41, 5.74) is -0.546. The average molecular weight is 452 g/mol. The predicted octanol–water partition coefficient (Wildman–Crippen LogP) is 2.44. The van der Waals surface area contributed by atoms with Crippen molar-refractivity contribution in [1.29, 1.82) is 0 Å². The molecule has 30 heavy (non-hydrogen) atoms. The molecule has 0 aromatic heterocycles. The van der Waals surface area contributed by atoms with Crippen molar-refractivity contribution >= 4 is 33.6 Å². The summed E-state index contributed by atoms with van der Waals surface area (Å²) >= 11 is 5.90. The number of sulfonamides is 1. The molecule has 0 radical (unpaired) electrons. The Morgan fingerprint density at radius 3 is 2.23 bits per heavy atom. The number of carbonyl (C=O) groups excluding carboxylic acids is 2. The molecule has 1 saturated heterocycles. The molecule has 3 amide bonds. The number of hydrogen-bond acceptors (Lipinski definition) is 5.